The van der Waals surface area contributed by atoms with Crippen LogP contribution >= 0.6 is 22.7 Å². The molecule has 0 aliphatic heterocycles. The van der Waals surface area contributed by atoms with Gasteiger partial charge < -0.3 is 106 Å². The number of aryl methyl sites for hydroxylation is 1. The number of carbonyl (C=O) groups excluding carboxylic acids is 5. The highest BCUT2D eigenvalue weighted by Gasteiger charge is 2.34. The number of carbonyl (C=O) groups is 5. The standard InChI is InChI=1S/C14H17NO3.C12H19NO5.C9H13NO.C8H13N.C7H9N.C6H11N3O.C6H8N2.C6H9NO.C6H9NS.C5H7NO.C5H7NS.C2H6.C2H4.FHO.H2O/c1-3-13(16)15-12(14(17)18-4-2)10-11-8-6-5-7-9-11;1-4-10(14)13-9(12(16)18-6-3)7-8-11(15)17-5-2;10-9(7-11)6-8-4-2-1-3-5-8;9-5-8-4-6-1-2-7(8)3-6;8-6-7-4-2-1-3-5-7;7-5(3-10)1-6-2-8-4-9-6;7-5-6-1-3-8-4-2-6;1-5-2-3-6(4-7)8-5;7-4-3-6-2-1-5-8-6;2*6-4-5-2-1-3-7-5;3*1-2;/h3,5-9,12H,1,4,10H2,2H3,(H,15,16);4,9H,1,5-8H2,2-3H3,(H,13,14);1-5,9,11H,6-7,10H2;1-2,6-8H,3-5,9H2;1-5H,6,8H2;2,4-5,10H,1,3,7H2,(H,8,9);1-4H,5,7H2;2-3H,4,7H2,1H3;1-2,5H,3-4,7H2;2*1-3H,4,6H2;1-2H3;1-2H2;2H;1H2/t12-;2*9-;;;5-;;;;;;;;;/m111..1........./s1. The zero-order chi connectivity index (χ0) is 88.8. The predicted molar refractivity (Wildman–Crippen MR) is 477 cm³/mol. The molecule has 9 aromatic rings. The van der Waals surface area contributed by atoms with Gasteiger partial charge in [-0.2, -0.15) is 0 Å². The maximum Gasteiger partial charge on any atom is 0.328 e. The fourth-order valence-electron chi connectivity index (χ4n) is 9.81. The summed E-state index contributed by atoms with van der Waals surface area (Å²) < 4.78 is 32.9. The molecule has 3 aromatic carbocycles. The first-order chi connectivity index (χ1) is 57.2. The summed E-state index contributed by atoms with van der Waals surface area (Å²) in [6.07, 6.45) is 21.0. The van der Waals surface area contributed by atoms with Crippen molar-refractivity contribution in [1.82, 2.24) is 25.6 Å². The number of imidazole rings is 1. The van der Waals surface area contributed by atoms with Crippen LogP contribution < -0.4 is 62.2 Å². The van der Waals surface area contributed by atoms with Gasteiger partial charge in [-0.25, -0.2) is 19.9 Å². The molecule has 2 amide bonds. The number of aliphatic hydroxyl groups excluding tert-OH is 2. The van der Waals surface area contributed by atoms with E-state index in [1.54, 1.807) is 74.6 Å². The number of ether oxygens (including phenoxy) is 3. The smallest absolute Gasteiger partial charge is 0.328 e. The number of furan rings is 2. The number of pyridine rings is 1. The molecule has 6 aromatic heterocycles. The summed E-state index contributed by atoms with van der Waals surface area (Å²) in [5.41, 5.74) is 53.8. The maximum absolute atomic E-state index is 11.7. The average Bonchev–Trinajstić information content (AvgIpc) is 1.68. The minimum Gasteiger partial charge on any atom is -0.468 e. The van der Waals surface area contributed by atoms with E-state index in [-0.39, 0.29) is 69.3 Å². The van der Waals surface area contributed by atoms with E-state index in [9.17, 15) is 24.0 Å². The summed E-state index contributed by atoms with van der Waals surface area (Å²) in [7, 11) is 0. The Morgan fingerprint density at radius 1 is 0.588 bits per heavy atom. The number of thiophene rings is 2. The maximum atomic E-state index is 11.7. The monoisotopic (exact) mass is 1690 g/mol. The van der Waals surface area contributed by atoms with Crippen molar-refractivity contribution in [2.24, 2.45) is 69.4 Å². The Balaban J connectivity index is -0.000000615. The van der Waals surface area contributed by atoms with Crippen LogP contribution in [-0.2, 0) is 96.6 Å². The second-order valence-electron chi connectivity index (χ2n) is 24.4. The number of aromatic nitrogens is 3. The molecule has 11 rings (SSSR count). The predicted octanol–water partition coefficient (Wildman–Crippen LogP) is 9.80. The summed E-state index contributed by atoms with van der Waals surface area (Å²) in [5, 5.41) is 31.8. The van der Waals surface area contributed by atoms with Gasteiger partial charge in [0.15, 0.2) is 0 Å². The Labute approximate surface area is 711 Å². The summed E-state index contributed by atoms with van der Waals surface area (Å²) in [5.74, 6) is 2.87. The van der Waals surface area contributed by atoms with Crippen molar-refractivity contribution in [1.29, 1.82) is 0 Å². The number of fused-ring (bicyclic) bond motifs is 2. The van der Waals surface area contributed by atoms with Gasteiger partial charge in [0.2, 0.25) is 11.8 Å². The molecule has 0 saturated heterocycles. The molecule has 0 spiro atoms. The van der Waals surface area contributed by atoms with Crippen LogP contribution in [0, 0.1) is 24.7 Å². The summed E-state index contributed by atoms with van der Waals surface area (Å²) in [4.78, 5) is 70.1. The number of H-pyrrole nitrogens is 1. The summed E-state index contributed by atoms with van der Waals surface area (Å²) in [6, 6.07) is 47.0. The Morgan fingerprint density at radius 2 is 1.08 bits per heavy atom. The lowest BCUT2D eigenvalue weighted by molar-refractivity contribution is -0.148. The number of amides is 2. The fourth-order valence-corrected chi connectivity index (χ4v) is 11.1. The van der Waals surface area contributed by atoms with Gasteiger partial charge >= 0.3 is 17.9 Å². The average molecular weight is 1700 g/mol. The highest BCUT2D eigenvalue weighted by molar-refractivity contribution is 7.10. The highest BCUT2D eigenvalue weighted by Crippen LogP contribution is 2.42. The van der Waals surface area contributed by atoms with Crippen LogP contribution in [0.25, 0.3) is 0 Å². The van der Waals surface area contributed by atoms with Crippen molar-refractivity contribution in [3.8, 4) is 0 Å². The molecule has 2 aliphatic rings. The molecular weight excluding hydrogens is 1560 g/mol. The lowest BCUT2D eigenvalue weighted by atomic mass is 9.94. The molecule has 1 saturated carbocycles. The second kappa shape index (κ2) is 80.1. The molecule has 3 unspecified atom stereocenters. The third kappa shape index (κ3) is 60.8. The SMILES string of the molecule is C=C.C=CC(=O)N[C@H](CCC(=O)OCC)C(=O)OCC.C=CC(=O)N[C@H](Cc1ccccc1)C(=O)OCC.CC.Cc1ccc(CN)o1.NCC1CC2C=CC1C2.NCCc1cccs1.NCc1ccccc1.NCc1ccco1.NCc1cccs1.NCc1ccncc1.N[C@@H](CO)Cc1ccccc1.N[C@@H](CO)Cc1cnc[nH]1.O.OF. The van der Waals surface area contributed by atoms with Crippen molar-refractivity contribution < 1.29 is 72.5 Å². The summed E-state index contributed by atoms with van der Waals surface area (Å²) in [6.45, 7) is 29.0. The first kappa shape index (κ1) is 115. The number of hydrogen-bond donors (Lipinski definition) is 15. The number of rotatable bonds is 28. The van der Waals surface area contributed by atoms with Gasteiger partial charge in [-0.15, -0.1) is 35.8 Å². The largest absolute Gasteiger partial charge is 0.468 e. The number of nitrogens with one attached hydrogen (secondary N) is 3. The number of halogens is 1. The number of benzene rings is 3. The van der Waals surface area contributed by atoms with E-state index in [1.165, 1.54) is 33.7 Å². The Hall–Kier alpha value is -10.3. The van der Waals surface area contributed by atoms with E-state index < -0.39 is 35.9 Å². The van der Waals surface area contributed by atoms with Gasteiger partial charge in [0.1, 0.15) is 29.4 Å². The van der Waals surface area contributed by atoms with Crippen molar-refractivity contribution in [3.05, 3.63) is 299 Å². The normalized spacial score (nSPS) is 13.0. The molecule has 31 heteroatoms. The van der Waals surface area contributed by atoms with Crippen LogP contribution in [0.15, 0.2) is 253 Å². The summed E-state index contributed by atoms with van der Waals surface area (Å²) >= 11 is 3.47. The van der Waals surface area contributed by atoms with Gasteiger partial charge in [0, 0.05) is 85.0 Å². The number of aromatic amines is 1. The van der Waals surface area contributed by atoms with Crippen LogP contribution in [0.3, 0.4) is 0 Å². The van der Waals surface area contributed by atoms with Crippen LogP contribution in [0.4, 0.5) is 4.53 Å². The Bertz CT molecular complexity index is 3730. The molecule has 7 atom stereocenters. The molecule has 660 valence electrons. The number of hydrogen-bond acceptors (Lipinski definition) is 26. The fraction of sp³-hybridized carbons (Fsp3) is 0.375. The first-order valence-corrected chi connectivity index (χ1v) is 40.5. The van der Waals surface area contributed by atoms with Crippen molar-refractivity contribution in [2.75, 3.05) is 46.1 Å². The Morgan fingerprint density at radius 3 is 1.43 bits per heavy atom. The van der Waals surface area contributed by atoms with Gasteiger partial charge in [-0.05, 0) is 184 Å². The highest BCUT2D eigenvalue weighted by atomic mass is 32.1. The van der Waals surface area contributed by atoms with Crippen LogP contribution in [-0.4, -0.2) is 136 Å². The zero-order valence-electron chi connectivity index (χ0n) is 70.0. The Kier molecular flexibility index (Phi) is 77.5. The molecule has 28 nitrogen and oxygen atoms in total. The molecule has 6 heterocycles. The molecule has 26 N–H and O–H groups in total. The molecule has 2 bridgehead atoms. The third-order valence-corrected chi connectivity index (χ3v) is 17.4. The van der Waals surface area contributed by atoms with Crippen molar-refractivity contribution in [2.45, 2.75) is 150 Å². The van der Waals surface area contributed by atoms with Crippen molar-refractivity contribution >= 4 is 52.4 Å². The number of esters is 3. The number of nitrogens with zero attached hydrogens (tertiary/aromatic N) is 2. The minimum absolute atomic E-state index is 0. The zero-order valence-corrected chi connectivity index (χ0v) is 71.6. The first-order valence-electron chi connectivity index (χ1n) is 38.7. The number of allylic oxidation sites excluding steroid dienone is 2. The number of aliphatic hydroxyl groups is 2. The van der Waals surface area contributed by atoms with E-state index >= 15 is 0 Å². The van der Waals surface area contributed by atoms with Gasteiger partial charge in [-0.1, -0.05) is 147 Å². The van der Waals surface area contributed by atoms with E-state index in [1.807, 2.05) is 166 Å². The van der Waals surface area contributed by atoms with Crippen molar-refractivity contribution in [3.63, 3.8) is 0 Å². The van der Waals surface area contributed by atoms with Gasteiger partial charge in [0.25, 0.3) is 0 Å². The quantitative estimate of drug-likeness (QED) is 0.00938. The van der Waals surface area contributed by atoms with E-state index in [4.69, 9.17) is 94.7 Å². The molecular formula is C88H135FN14O14S2. The van der Waals surface area contributed by atoms with Crippen LogP contribution in [0.2, 0.25) is 0 Å². The third-order valence-electron chi connectivity index (χ3n) is 15.5. The second-order valence-corrected chi connectivity index (χ2v) is 26.4. The number of nitrogens with two attached hydrogens (primary N) is 9. The molecule has 2 aliphatic carbocycles. The van der Waals surface area contributed by atoms with Crippen LogP contribution in [0.5, 0.6) is 0 Å². The lowest BCUT2D eigenvalue weighted by Gasteiger charge is -2.16. The van der Waals surface area contributed by atoms with Gasteiger partial charge in [0.05, 0.1) is 58.7 Å². The topological polar surface area (TPSA) is 531 Å². The molecule has 0 radical (unpaired) electrons. The van der Waals surface area contributed by atoms with E-state index in [2.05, 4.69) is 81.6 Å². The van der Waals surface area contributed by atoms with E-state index in [0.717, 1.165) is 89.9 Å². The minimum atomic E-state index is -0.861. The lowest BCUT2D eigenvalue weighted by Crippen LogP contribution is -2.42. The van der Waals surface area contributed by atoms with E-state index in [0.29, 0.717) is 45.6 Å². The van der Waals surface area contributed by atoms with Gasteiger partial charge in [-0.3, -0.25) is 19.4 Å². The molecule has 119 heavy (non-hydrogen) atoms. The molecule has 1 fully saturated rings. The van der Waals surface area contributed by atoms with Crippen LogP contribution in [0.1, 0.15) is 115 Å².